The zero-order chi connectivity index (χ0) is 17.4. The number of nitrogens with one attached hydrogen (secondary N) is 1. The molecule has 0 radical (unpaired) electrons. The minimum absolute atomic E-state index is 0.189. The van der Waals surface area contributed by atoms with Crippen LogP contribution >= 0.6 is 15.9 Å². The molecule has 1 N–H and O–H groups in total. The monoisotopic (exact) mass is 396 g/mol. The quantitative estimate of drug-likeness (QED) is 0.651. The first kappa shape index (κ1) is 16.3. The molecule has 1 aliphatic heterocycles. The summed E-state index contributed by atoms with van der Waals surface area (Å²) in [7, 11) is 0. The van der Waals surface area contributed by atoms with Crippen molar-refractivity contribution in [3.05, 3.63) is 76.0 Å². The number of nitrogens with zero attached hydrogens (tertiary/aromatic N) is 3. The van der Waals surface area contributed by atoms with E-state index in [2.05, 4.69) is 93.7 Å². The average molecular weight is 397 g/mol. The molecule has 128 valence electrons. The number of anilines is 1. The molecule has 0 aliphatic carbocycles. The second-order valence-electron chi connectivity index (χ2n) is 6.85. The van der Waals surface area contributed by atoms with Gasteiger partial charge in [-0.05, 0) is 41.2 Å². The number of hydrogen-bond donors (Lipinski definition) is 1. The fourth-order valence-corrected chi connectivity index (χ4v) is 3.68. The molecule has 25 heavy (non-hydrogen) atoms. The Kier molecular flexibility index (Phi) is 4.34. The van der Waals surface area contributed by atoms with Gasteiger partial charge >= 0.3 is 0 Å². The fourth-order valence-electron chi connectivity index (χ4n) is 3.41. The molecule has 4 nitrogen and oxygen atoms in total. The standard InChI is InChI=1S/C20H21BrN4/c1-13(2)14-3-5-16(6-4-14)19-11-18(15-7-9-17(21)10-8-15)24-20-22-12-23-25(19)20/h3-10,12-13,18-19H,11H2,1-2H3,(H,22,23,24)/t18-,19+/m0/s1. The van der Waals surface area contributed by atoms with E-state index in [1.165, 1.54) is 16.7 Å². The third-order valence-corrected chi connectivity index (χ3v) is 5.42. The van der Waals surface area contributed by atoms with Gasteiger partial charge in [0.05, 0.1) is 12.1 Å². The molecule has 4 rings (SSSR count). The van der Waals surface area contributed by atoms with Crippen molar-refractivity contribution >= 4 is 21.9 Å². The summed E-state index contributed by atoms with van der Waals surface area (Å²) in [4.78, 5) is 4.40. The maximum absolute atomic E-state index is 4.45. The van der Waals surface area contributed by atoms with Crippen LogP contribution < -0.4 is 5.32 Å². The number of hydrogen-bond acceptors (Lipinski definition) is 3. The molecule has 3 aromatic rings. The van der Waals surface area contributed by atoms with E-state index < -0.39 is 0 Å². The average Bonchev–Trinajstić information content (AvgIpc) is 3.10. The minimum Gasteiger partial charge on any atom is -0.348 e. The lowest BCUT2D eigenvalue weighted by molar-refractivity contribution is 0.430. The molecule has 1 aromatic heterocycles. The lowest BCUT2D eigenvalue weighted by Gasteiger charge is -2.32. The van der Waals surface area contributed by atoms with E-state index in [1.807, 2.05) is 4.68 Å². The van der Waals surface area contributed by atoms with Crippen molar-refractivity contribution in [3.8, 4) is 0 Å². The highest BCUT2D eigenvalue weighted by molar-refractivity contribution is 9.10. The minimum atomic E-state index is 0.189. The van der Waals surface area contributed by atoms with Gasteiger partial charge in [0, 0.05) is 4.47 Å². The van der Waals surface area contributed by atoms with E-state index in [0.717, 1.165) is 16.8 Å². The van der Waals surface area contributed by atoms with E-state index in [4.69, 9.17) is 0 Å². The second kappa shape index (κ2) is 6.64. The van der Waals surface area contributed by atoms with Gasteiger partial charge in [-0.25, -0.2) is 4.68 Å². The van der Waals surface area contributed by atoms with Gasteiger partial charge in [0.2, 0.25) is 5.95 Å². The van der Waals surface area contributed by atoms with Crippen LogP contribution in [0.1, 0.15) is 55.0 Å². The van der Waals surface area contributed by atoms with Crippen molar-refractivity contribution in [2.45, 2.75) is 38.3 Å². The highest BCUT2D eigenvalue weighted by Gasteiger charge is 2.29. The summed E-state index contributed by atoms with van der Waals surface area (Å²) in [5, 5.41) is 7.97. The van der Waals surface area contributed by atoms with Crippen LogP contribution in [-0.2, 0) is 0 Å². The zero-order valence-corrected chi connectivity index (χ0v) is 15.9. The first-order valence-corrected chi connectivity index (χ1v) is 9.42. The number of aromatic nitrogens is 3. The van der Waals surface area contributed by atoms with Crippen LogP contribution in [0.4, 0.5) is 5.95 Å². The van der Waals surface area contributed by atoms with Crippen LogP contribution in [0.25, 0.3) is 0 Å². The predicted octanol–water partition coefficient (Wildman–Crippen LogP) is 5.31. The largest absolute Gasteiger partial charge is 0.348 e. The third-order valence-electron chi connectivity index (χ3n) is 4.89. The van der Waals surface area contributed by atoms with Crippen molar-refractivity contribution in [3.63, 3.8) is 0 Å². The summed E-state index contributed by atoms with van der Waals surface area (Å²) < 4.78 is 3.09. The second-order valence-corrected chi connectivity index (χ2v) is 7.77. The van der Waals surface area contributed by atoms with Crippen LogP contribution in [-0.4, -0.2) is 14.8 Å². The molecule has 0 saturated heterocycles. The Balaban J connectivity index is 1.68. The van der Waals surface area contributed by atoms with Crippen molar-refractivity contribution < 1.29 is 0 Å². The summed E-state index contributed by atoms with van der Waals surface area (Å²) in [6.07, 6.45) is 2.57. The van der Waals surface area contributed by atoms with E-state index in [-0.39, 0.29) is 12.1 Å². The van der Waals surface area contributed by atoms with Crippen LogP contribution in [0.15, 0.2) is 59.3 Å². The molecular weight excluding hydrogens is 376 g/mol. The molecule has 0 unspecified atom stereocenters. The first-order valence-electron chi connectivity index (χ1n) is 8.63. The highest BCUT2D eigenvalue weighted by atomic mass is 79.9. The molecule has 1 aliphatic rings. The molecule has 2 heterocycles. The Hall–Kier alpha value is -2.14. The lowest BCUT2D eigenvalue weighted by Crippen LogP contribution is -2.28. The molecule has 0 saturated carbocycles. The van der Waals surface area contributed by atoms with Gasteiger partial charge in [-0.1, -0.05) is 66.2 Å². The number of benzene rings is 2. The van der Waals surface area contributed by atoms with Gasteiger partial charge < -0.3 is 5.32 Å². The summed E-state index contributed by atoms with van der Waals surface area (Å²) >= 11 is 3.51. The van der Waals surface area contributed by atoms with Crippen LogP contribution in [0.3, 0.4) is 0 Å². The molecule has 2 atom stereocenters. The molecule has 2 aromatic carbocycles. The lowest BCUT2D eigenvalue weighted by atomic mass is 9.92. The number of rotatable bonds is 3. The van der Waals surface area contributed by atoms with Crippen molar-refractivity contribution in [2.75, 3.05) is 5.32 Å². The molecule has 0 amide bonds. The molecule has 0 fully saturated rings. The van der Waals surface area contributed by atoms with Crippen molar-refractivity contribution in [1.29, 1.82) is 0 Å². The summed E-state index contributed by atoms with van der Waals surface area (Å²) in [5.74, 6) is 1.37. The van der Waals surface area contributed by atoms with Gasteiger partial charge in [0.25, 0.3) is 0 Å². The smallest absolute Gasteiger partial charge is 0.222 e. The Morgan fingerprint density at radius 2 is 1.72 bits per heavy atom. The van der Waals surface area contributed by atoms with Crippen LogP contribution in [0.5, 0.6) is 0 Å². The predicted molar refractivity (Wildman–Crippen MR) is 104 cm³/mol. The van der Waals surface area contributed by atoms with Gasteiger partial charge in [-0.3, -0.25) is 0 Å². The molecule has 0 bridgehead atoms. The van der Waals surface area contributed by atoms with Gasteiger partial charge in [-0.2, -0.15) is 10.1 Å². The summed E-state index contributed by atoms with van der Waals surface area (Å²) in [5.41, 5.74) is 3.90. The zero-order valence-electron chi connectivity index (χ0n) is 14.4. The van der Waals surface area contributed by atoms with Crippen LogP contribution in [0.2, 0.25) is 0 Å². The highest BCUT2D eigenvalue weighted by Crippen LogP contribution is 2.37. The molecule has 0 spiro atoms. The Morgan fingerprint density at radius 3 is 2.40 bits per heavy atom. The van der Waals surface area contributed by atoms with E-state index in [0.29, 0.717) is 5.92 Å². The SMILES string of the molecule is CC(C)c1ccc([C@H]2C[C@@H](c3ccc(Br)cc3)Nc3ncnn32)cc1. The Morgan fingerprint density at radius 1 is 1.04 bits per heavy atom. The first-order chi connectivity index (χ1) is 12.1. The summed E-state index contributed by atoms with van der Waals surface area (Å²) in [6.45, 7) is 4.44. The van der Waals surface area contributed by atoms with E-state index in [1.54, 1.807) is 6.33 Å². The third kappa shape index (κ3) is 3.21. The fraction of sp³-hybridized carbons (Fsp3) is 0.300. The van der Waals surface area contributed by atoms with Crippen LogP contribution in [0, 0.1) is 0 Å². The maximum atomic E-state index is 4.45. The van der Waals surface area contributed by atoms with Crippen molar-refractivity contribution in [2.24, 2.45) is 0 Å². The normalized spacial score (nSPS) is 19.5. The Labute approximate surface area is 156 Å². The number of halogens is 1. The topological polar surface area (TPSA) is 42.7 Å². The van der Waals surface area contributed by atoms with Gasteiger partial charge in [-0.15, -0.1) is 0 Å². The molecule has 5 heteroatoms. The summed E-state index contributed by atoms with van der Waals surface area (Å²) in [6, 6.07) is 17.8. The van der Waals surface area contributed by atoms with Gasteiger partial charge in [0.1, 0.15) is 6.33 Å². The maximum Gasteiger partial charge on any atom is 0.222 e. The van der Waals surface area contributed by atoms with E-state index >= 15 is 0 Å². The Bertz CT molecular complexity index is 852. The molecular formula is C20H21BrN4. The van der Waals surface area contributed by atoms with Gasteiger partial charge in [0.15, 0.2) is 0 Å². The van der Waals surface area contributed by atoms with Crippen molar-refractivity contribution in [1.82, 2.24) is 14.8 Å². The van der Waals surface area contributed by atoms with E-state index in [9.17, 15) is 0 Å². The number of fused-ring (bicyclic) bond motifs is 1.